The standard InChI is InChI=1S/C28H31N3O4/c1-31(2)17-18-10-12-19(13-11-18)22-9-7-6-8-20(22)16-29-28(32)23-14-21-15-24(33-3)26(34-4)27(35-5)25(21)30-23/h6-15,30H,16-17H2,1-5H3,(H,29,32). The van der Waals surface area contributed by atoms with Gasteiger partial charge in [0.25, 0.3) is 5.91 Å². The average molecular weight is 474 g/mol. The van der Waals surface area contributed by atoms with Crippen LogP contribution in [0.5, 0.6) is 17.2 Å². The van der Waals surface area contributed by atoms with E-state index in [1.165, 1.54) is 5.56 Å². The smallest absolute Gasteiger partial charge is 0.267 e. The summed E-state index contributed by atoms with van der Waals surface area (Å²) in [7, 11) is 8.79. The molecule has 0 aliphatic rings. The Bertz CT molecular complexity index is 1330. The normalized spacial score (nSPS) is 11.0. The third-order valence-electron chi connectivity index (χ3n) is 5.89. The summed E-state index contributed by atoms with van der Waals surface area (Å²) in [6.45, 7) is 1.29. The fourth-order valence-corrected chi connectivity index (χ4v) is 4.25. The highest BCUT2D eigenvalue weighted by atomic mass is 16.5. The molecule has 4 rings (SSSR count). The first-order valence-corrected chi connectivity index (χ1v) is 11.4. The van der Waals surface area contributed by atoms with Crippen LogP contribution >= 0.6 is 0 Å². The maximum absolute atomic E-state index is 13.0. The number of H-pyrrole nitrogens is 1. The van der Waals surface area contributed by atoms with Crippen LogP contribution in [0.15, 0.2) is 60.7 Å². The molecule has 0 unspecified atom stereocenters. The van der Waals surface area contributed by atoms with Gasteiger partial charge in [0.05, 0.1) is 26.8 Å². The fourth-order valence-electron chi connectivity index (χ4n) is 4.25. The molecule has 4 aromatic rings. The van der Waals surface area contributed by atoms with Crippen molar-refractivity contribution >= 4 is 16.8 Å². The van der Waals surface area contributed by atoms with Crippen LogP contribution in [-0.4, -0.2) is 51.2 Å². The van der Waals surface area contributed by atoms with Crippen molar-refractivity contribution in [2.75, 3.05) is 35.4 Å². The molecule has 0 radical (unpaired) electrons. The number of nitrogens with one attached hydrogen (secondary N) is 2. The second-order valence-electron chi connectivity index (χ2n) is 8.57. The lowest BCUT2D eigenvalue weighted by Crippen LogP contribution is -2.23. The second-order valence-corrected chi connectivity index (χ2v) is 8.57. The van der Waals surface area contributed by atoms with Crippen LogP contribution in [0.2, 0.25) is 0 Å². The lowest BCUT2D eigenvalue weighted by atomic mass is 9.98. The minimum absolute atomic E-state index is 0.211. The maximum Gasteiger partial charge on any atom is 0.267 e. The van der Waals surface area contributed by atoms with E-state index in [-0.39, 0.29) is 5.91 Å². The van der Waals surface area contributed by atoms with Crippen LogP contribution in [0.25, 0.3) is 22.0 Å². The molecule has 0 fully saturated rings. The van der Waals surface area contributed by atoms with E-state index >= 15 is 0 Å². The molecular formula is C28H31N3O4. The molecule has 0 spiro atoms. The Kier molecular flexibility index (Phi) is 7.27. The van der Waals surface area contributed by atoms with E-state index in [1.54, 1.807) is 27.4 Å². The molecule has 0 saturated carbocycles. The summed E-state index contributed by atoms with van der Waals surface area (Å²) in [6, 6.07) is 20.3. The molecular weight excluding hydrogens is 442 g/mol. The van der Waals surface area contributed by atoms with E-state index in [4.69, 9.17) is 14.2 Å². The van der Waals surface area contributed by atoms with Crippen molar-refractivity contribution in [1.82, 2.24) is 15.2 Å². The van der Waals surface area contributed by atoms with Crippen molar-refractivity contribution in [3.63, 3.8) is 0 Å². The molecule has 35 heavy (non-hydrogen) atoms. The van der Waals surface area contributed by atoms with Gasteiger partial charge in [-0.15, -0.1) is 0 Å². The minimum Gasteiger partial charge on any atom is -0.493 e. The van der Waals surface area contributed by atoms with Gasteiger partial charge >= 0.3 is 0 Å². The Labute approximate surface area is 205 Å². The number of ether oxygens (including phenoxy) is 3. The first-order valence-electron chi connectivity index (χ1n) is 11.4. The highest BCUT2D eigenvalue weighted by Crippen LogP contribution is 2.43. The van der Waals surface area contributed by atoms with Gasteiger partial charge in [0.1, 0.15) is 5.69 Å². The summed E-state index contributed by atoms with van der Waals surface area (Å²) >= 11 is 0. The van der Waals surface area contributed by atoms with Crippen LogP contribution in [-0.2, 0) is 13.1 Å². The predicted molar refractivity (Wildman–Crippen MR) is 138 cm³/mol. The number of amides is 1. The molecule has 1 amide bonds. The van der Waals surface area contributed by atoms with E-state index in [9.17, 15) is 4.79 Å². The largest absolute Gasteiger partial charge is 0.493 e. The van der Waals surface area contributed by atoms with Gasteiger partial charge in [-0.3, -0.25) is 4.79 Å². The van der Waals surface area contributed by atoms with Gasteiger partial charge in [-0.1, -0.05) is 48.5 Å². The van der Waals surface area contributed by atoms with Gasteiger partial charge in [-0.05, 0) is 48.5 Å². The van der Waals surface area contributed by atoms with Gasteiger partial charge in [0.2, 0.25) is 5.75 Å². The zero-order chi connectivity index (χ0) is 24.9. The van der Waals surface area contributed by atoms with Crippen molar-refractivity contribution in [2.45, 2.75) is 13.1 Å². The number of benzene rings is 3. The molecule has 0 saturated heterocycles. The maximum atomic E-state index is 13.0. The zero-order valence-electron chi connectivity index (χ0n) is 20.8. The van der Waals surface area contributed by atoms with Crippen LogP contribution in [0.3, 0.4) is 0 Å². The molecule has 2 N–H and O–H groups in total. The van der Waals surface area contributed by atoms with E-state index in [1.807, 2.05) is 24.3 Å². The Hall–Kier alpha value is -3.97. The molecule has 3 aromatic carbocycles. The first-order chi connectivity index (χ1) is 16.9. The summed E-state index contributed by atoms with van der Waals surface area (Å²) < 4.78 is 16.4. The number of aromatic nitrogens is 1. The van der Waals surface area contributed by atoms with Crippen LogP contribution in [0.1, 0.15) is 21.6 Å². The summed E-state index contributed by atoms with van der Waals surface area (Å²) in [4.78, 5) is 18.4. The van der Waals surface area contributed by atoms with Gasteiger partial charge in [-0.2, -0.15) is 0 Å². The van der Waals surface area contributed by atoms with Gasteiger partial charge in [0, 0.05) is 18.5 Å². The van der Waals surface area contributed by atoms with Crippen molar-refractivity contribution in [2.24, 2.45) is 0 Å². The molecule has 1 heterocycles. The Balaban J connectivity index is 1.55. The Morgan fingerprint density at radius 2 is 1.63 bits per heavy atom. The number of aromatic amines is 1. The molecule has 1 aromatic heterocycles. The zero-order valence-corrected chi connectivity index (χ0v) is 20.8. The van der Waals surface area contributed by atoms with Gasteiger partial charge in [0.15, 0.2) is 11.5 Å². The van der Waals surface area contributed by atoms with Crippen LogP contribution in [0, 0.1) is 0 Å². The SMILES string of the molecule is COc1cc2cc(C(=O)NCc3ccccc3-c3ccc(CN(C)C)cc3)[nH]c2c(OC)c1OC. The third kappa shape index (κ3) is 5.10. The molecule has 0 aliphatic heterocycles. The molecule has 0 aliphatic carbocycles. The lowest BCUT2D eigenvalue weighted by Gasteiger charge is -2.13. The van der Waals surface area contributed by atoms with Crippen molar-refractivity contribution in [3.05, 3.63) is 77.5 Å². The molecule has 7 nitrogen and oxygen atoms in total. The first kappa shape index (κ1) is 24.2. The lowest BCUT2D eigenvalue weighted by molar-refractivity contribution is 0.0947. The number of fused-ring (bicyclic) bond motifs is 1. The van der Waals surface area contributed by atoms with Crippen molar-refractivity contribution < 1.29 is 19.0 Å². The molecule has 0 bridgehead atoms. The molecule has 182 valence electrons. The monoisotopic (exact) mass is 473 g/mol. The number of methoxy groups -OCH3 is 3. The number of hydrogen-bond acceptors (Lipinski definition) is 5. The van der Waals surface area contributed by atoms with E-state index in [0.29, 0.717) is 35.0 Å². The summed E-state index contributed by atoms with van der Waals surface area (Å²) in [5.41, 5.74) is 5.61. The highest BCUT2D eigenvalue weighted by Gasteiger charge is 2.20. The fraction of sp³-hybridized carbons (Fsp3) is 0.250. The van der Waals surface area contributed by atoms with Crippen molar-refractivity contribution in [1.29, 1.82) is 0 Å². The summed E-state index contributed by atoms with van der Waals surface area (Å²) in [5, 5.41) is 3.83. The van der Waals surface area contributed by atoms with Crippen LogP contribution in [0.4, 0.5) is 0 Å². The average Bonchev–Trinajstić information content (AvgIpc) is 3.30. The number of hydrogen-bond donors (Lipinski definition) is 2. The predicted octanol–water partition coefficient (Wildman–Crippen LogP) is 4.85. The second kappa shape index (κ2) is 10.5. The number of nitrogens with zero attached hydrogens (tertiary/aromatic N) is 1. The summed E-state index contributed by atoms with van der Waals surface area (Å²) in [6.07, 6.45) is 0. The van der Waals surface area contributed by atoms with E-state index < -0.39 is 0 Å². The number of carbonyl (C=O) groups is 1. The quantitative estimate of drug-likeness (QED) is 0.363. The number of rotatable bonds is 9. The third-order valence-corrected chi connectivity index (χ3v) is 5.89. The van der Waals surface area contributed by atoms with Gasteiger partial charge in [-0.25, -0.2) is 0 Å². The highest BCUT2D eigenvalue weighted by molar-refractivity contribution is 6.01. The molecule has 0 atom stereocenters. The summed E-state index contributed by atoms with van der Waals surface area (Å²) in [5.74, 6) is 1.29. The van der Waals surface area contributed by atoms with E-state index in [0.717, 1.165) is 28.6 Å². The Morgan fingerprint density at radius 1 is 0.914 bits per heavy atom. The van der Waals surface area contributed by atoms with E-state index in [2.05, 4.69) is 59.6 Å². The van der Waals surface area contributed by atoms with Crippen LogP contribution < -0.4 is 19.5 Å². The van der Waals surface area contributed by atoms with Gasteiger partial charge < -0.3 is 29.4 Å². The topological polar surface area (TPSA) is 75.8 Å². The Morgan fingerprint density at radius 3 is 2.29 bits per heavy atom. The number of carbonyl (C=O) groups excluding carboxylic acids is 1. The molecule has 7 heteroatoms. The minimum atomic E-state index is -0.211. The van der Waals surface area contributed by atoms with Crippen molar-refractivity contribution in [3.8, 4) is 28.4 Å².